The first-order valence-electron chi connectivity index (χ1n) is 7.36. The minimum Gasteiger partial charge on any atom is -0.367 e. The number of hydrogen-bond acceptors (Lipinski definition) is 3. The number of piperazine rings is 1. The van der Waals surface area contributed by atoms with E-state index in [1.165, 1.54) is 0 Å². The fraction of sp³-hybridized carbons (Fsp3) is 0.533. The van der Waals surface area contributed by atoms with Crippen molar-refractivity contribution in [3.63, 3.8) is 0 Å². The monoisotopic (exact) mass is 329 g/mol. The smallest absolute Gasteiger partial charge is 0.262 e. The molecule has 4 nitrogen and oxygen atoms in total. The number of carbonyl (C=O) groups is 1. The molecular formula is C15H18ClF2N3O. The van der Waals surface area contributed by atoms with Gasteiger partial charge in [0.15, 0.2) is 0 Å². The van der Waals surface area contributed by atoms with Gasteiger partial charge in [-0.05, 0) is 12.1 Å². The molecule has 0 saturated carbocycles. The Morgan fingerprint density at radius 2 is 1.91 bits per heavy atom. The molecule has 2 saturated heterocycles. The Balaban J connectivity index is 1.58. The first-order valence-corrected chi connectivity index (χ1v) is 7.73. The van der Waals surface area contributed by atoms with Gasteiger partial charge in [0.05, 0.1) is 23.3 Å². The third kappa shape index (κ3) is 3.17. The highest BCUT2D eigenvalue weighted by molar-refractivity contribution is 6.33. The van der Waals surface area contributed by atoms with Gasteiger partial charge in [0, 0.05) is 32.6 Å². The molecule has 0 aromatic heterocycles. The number of hydrogen-bond donors (Lipinski definition) is 1. The largest absolute Gasteiger partial charge is 0.367 e. The van der Waals surface area contributed by atoms with Crippen LogP contribution in [0, 0.1) is 0 Å². The zero-order valence-electron chi connectivity index (χ0n) is 12.1. The minimum atomic E-state index is -2.78. The number of benzene rings is 1. The maximum Gasteiger partial charge on any atom is 0.262 e. The van der Waals surface area contributed by atoms with Crippen molar-refractivity contribution >= 4 is 23.2 Å². The van der Waals surface area contributed by atoms with E-state index in [1.807, 2.05) is 24.3 Å². The molecule has 2 fully saturated rings. The van der Waals surface area contributed by atoms with E-state index in [9.17, 15) is 13.6 Å². The number of halogens is 3. The van der Waals surface area contributed by atoms with Crippen LogP contribution in [0.4, 0.5) is 14.5 Å². The fourth-order valence-electron chi connectivity index (χ4n) is 2.99. The van der Waals surface area contributed by atoms with Crippen LogP contribution in [0.15, 0.2) is 24.3 Å². The molecule has 3 rings (SSSR count). The van der Waals surface area contributed by atoms with Crippen LogP contribution in [0.25, 0.3) is 0 Å². The SMILES string of the molecule is O=C(C1CC(F)(F)CN1)N1CCN(c2ccccc2Cl)CC1. The zero-order chi connectivity index (χ0) is 15.7. The topological polar surface area (TPSA) is 35.6 Å². The summed E-state index contributed by atoms with van der Waals surface area (Å²) in [6.07, 6.45) is -0.406. The Morgan fingerprint density at radius 1 is 1.23 bits per heavy atom. The van der Waals surface area contributed by atoms with Crippen molar-refractivity contribution in [1.82, 2.24) is 10.2 Å². The van der Waals surface area contributed by atoms with Gasteiger partial charge < -0.3 is 9.80 Å². The summed E-state index contributed by atoms with van der Waals surface area (Å²) in [5, 5.41) is 3.30. The van der Waals surface area contributed by atoms with Crippen LogP contribution >= 0.6 is 11.6 Å². The molecule has 0 bridgehead atoms. The normalized spacial score (nSPS) is 24.6. The quantitative estimate of drug-likeness (QED) is 0.901. The molecule has 2 heterocycles. The van der Waals surface area contributed by atoms with Gasteiger partial charge in [0.1, 0.15) is 0 Å². The molecule has 0 radical (unpaired) electrons. The van der Waals surface area contributed by atoms with E-state index < -0.39 is 24.9 Å². The second kappa shape index (κ2) is 6.01. The highest BCUT2D eigenvalue weighted by Crippen LogP contribution is 2.28. The van der Waals surface area contributed by atoms with E-state index in [-0.39, 0.29) is 5.91 Å². The van der Waals surface area contributed by atoms with Crippen LogP contribution in [0.5, 0.6) is 0 Å². The predicted octanol–water partition coefficient (Wildman–Crippen LogP) is 1.99. The summed E-state index contributed by atoms with van der Waals surface area (Å²) in [5.74, 6) is -3.00. The fourth-order valence-corrected chi connectivity index (χ4v) is 3.24. The second-order valence-corrected chi connectivity index (χ2v) is 6.16. The number of anilines is 1. The molecule has 1 aromatic rings. The summed E-state index contributed by atoms with van der Waals surface area (Å²) < 4.78 is 26.4. The Hall–Kier alpha value is -1.40. The number of nitrogens with one attached hydrogen (secondary N) is 1. The molecule has 1 atom stereocenters. The lowest BCUT2D eigenvalue weighted by Crippen LogP contribution is -2.53. The third-order valence-corrected chi connectivity index (χ3v) is 4.51. The van der Waals surface area contributed by atoms with Gasteiger partial charge in [-0.3, -0.25) is 10.1 Å². The molecule has 22 heavy (non-hydrogen) atoms. The molecule has 1 aromatic carbocycles. The first kappa shape index (κ1) is 15.5. The van der Waals surface area contributed by atoms with Gasteiger partial charge in [-0.1, -0.05) is 23.7 Å². The maximum absolute atomic E-state index is 13.2. The number of nitrogens with zero attached hydrogens (tertiary/aromatic N) is 2. The van der Waals surface area contributed by atoms with E-state index in [0.29, 0.717) is 31.2 Å². The number of amides is 1. The van der Waals surface area contributed by atoms with E-state index in [2.05, 4.69) is 10.2 Å². The number of rotatable bonds is 2. The number of alkyl halides is 2. The predicted molar refractivity (Wildman–Crippen MR) is 81.6 cm³/mol. The lowest BCUT2D eigenvalue weighted by Gasteiger charge is -2.37. The Morgan fingerprint density at radius 3 is 2.50 bits per heavy atom. The molecular weight excluding hydrogens is 312 g/mol. The zero-order valence-corrected chi connectivity index (χ0v) is 12.8. The maximum atomic E-state index is 13.2. The summed E-state index contributed by atoms with van der Waals surface area (Å²) in [6, 6.07) is 6.81. The van der Waals surface area contributed by atoms with Crippen LogP contribution in [0.3, 0.4) is 0 Å². The molecule has 120 valence electrons. The van der Waals surface area contributed by atoms with Gasteiger partial charge in [0.25, 0.3) is 5.92 Å². The average Bonchev–Trinajstić information content (AvgIpc) is 2.87. The molecule has 1 unspecified atom stereocenters. The van der Waals surface area contributed by atoms with Crippen molar-refractivity contribution in [3.8, 4) is 0 Å². The van der Waals surface area contributed by atoms with Crippen molar-refractivity contribution in [2.45, 2.75) is 18.4 Å². The third-order valence-electron chi connectivity index (χ3n) is 4.19. The van der Waals surface area contributed by atoms with Crippen LogP contribution in [-0.4, -0.2) is 55.5 Å². The molecule has 7 heteroatoms. The highest BCUT2D eigenvalue weighted by atomic mass is 35.5. The standard InChI is InChI=1S/C15H18ClF2N3O/c16-11-3-1-2-4-13(11)20-5-7-21(8-6-20)14(22)12-9-15(17,18)10-19-12/h1-4,12,19H,5-10H2. The summed E-state index contributed by atoms with van der Waals surface area (Å²) in [4.78, 5) is 16.1. The van der Waals surface area contributed by atoms with E-state index in [1.54, 1.807) is 4.90 Å². The van der Waals surface area contributed by atoms with Crippen LogP contribution in [-0.2, 0) is 4.79 Å². The van der Waals surface area contributed by atoms with E-state index in [4.69, 9.17) is 11.6 Å². The molecule has 2 aliphatic rings. The van der Waals surface area contributed by atoms with Crippen molar-refractivity contribution in [3.05, 3.63) is 29.3 Å². The summed E-state index contributed by atoms with van der Waals surface area (Å²) in [5.41, 5.74) is 0.946. The lowest BCUT2D eigenvalue weighted by atomic mass is 10.1. The highest BCUT2D eigenvalue weighted by Gasteiger charge is 2.43. The van der Waals surface area contributed by atoms with Gasteiger partial charge in [-0.2, -0.15) is 0 Å². The van der Waals surface area contributed by atoms with Gasteiger partial charge in [-0.15, -0.1) is 0 Å². The summed E-state index contributed by atoms with van der Waals surface area (Å²) >= 11 is 6.18. The molecule has 1 N–H and O–H groups in total. The van der Waals surface area contributed by atoms with Gasteiger partial charge in [-0.25, -0.2) is 8.78 Å². The summed E-state index contributed by atoms with van der Waals surface area (Å²) in [7, 11) is 0. The van der Waals surface area contributed by atoms with Crippen molar-refractivity contribution in [2.75, 3.05) is 37.6 Å². The lowest BCUT2D eigenvalue weighted by molar-refractivity contribution is -0.134. The van der Waals surface area contributed by atoms with Gasteiger partial charge in [0.2, 0.25) is 5.91 Å². The number of carbonyl (C=O) groups excluding carboxylic acids is 1. The van der Waals surface area contributed by atoms with Crippen LogP contribution < -0.4 is 10.2 Å². The van der Waals surface area contributed by atoms with Crippen molar-refractivity contribution < 1.29 is 13.6 Å². The van der Waals surface area contributed by atoms with Gasteiger partial charge >= 0.3 is 0 Å². The Bertz CT molecular complexity index is 561. The first-order chi connectivity index (χ1) is 10.5. The van der Waals surface area contributed by atoms with E-state index >= 15 is 0 Å². The van der Waals surface area contributed by atoms with Crippen LogP contribution in [0.2, 0.25) is 5.02 Å². The van der Waals surface area contributed by atoms with Crippen molar-refractivity contribution in [2.24, 2.45) is 0 Å². The molecule has 0 aliphatic carbocycles. The molecule has 1 amide bonds. The van der Waals surface area contributed by atoms with Crippen molar-refractivity contribution in [1.29, 1.82) is 0 Å². The second-order valence-electron chi connectivity index (χ2n) is 5.76. The Labute approximate surface area is 133 Å². The van der Waals surface area contributed by atoms with E-state index in [0.717, 1.165) is 5.69 Å². The number of para-hydroxylation sites is 1. The average molecular weight is 330 g/mol. The summed E-state index contributed by atoms with van der Waals surface area (Å²) in [6.45, 7) is 1.93. The molecule has 0 spiro atoms. The molecule has 2 aliphatic heterocycles. The van der Waals surface area contributed by atoms with Crippen LogP contribution in [0.1, 0.15) is 6.42 Å². The Kier molecular flexibility index (Phi) is 4.23. The minimum absolute atomic E-state index is 0.226.